The third-order valence-corrected chi connectivity index (χ3v) is 14.8. The molecule has 4 aromatic rings. The predicted molar refractivity (Wildman–Crippen MR) is 297 cm³/mol. The first-order valence-corrected chi connectivity index (χ1v) is 26.8. The van der Waals surface area contributed by atoms with Crippen molar-refractivity contribution in [3.63, 3.8) is 0 Å². The number of fused-ring (bicyclic) bond motifs is 6. The number of nitrogens with one attached hydrogen (secondary N) is 7. The Labute approximate surface area is 451 Å². The summed E-state index contributed by atoms with van der Waals surface area (Å²) in [6, 6.07) is 31.1. The molecule has 19 heteroatoms. The van der Waals surface area contributed by atoms with Crippen molar-refractivity contribution in [2.75, 3.05) is 40.4 Å². The van der Waals surface area contributed by atoms with Crippen LogP contribution in [0.25, 0.3) is 22.3 Å². The van der Waals surface area contributed by atoms with Gasteiger partial charge in [0.15, 0.2) is 0 Å². The molecule has 2 fully saturated rings. The van der Waals surface area contributed by atoms with Gasteiger partial charge in [-0.2, -0.15) is 10.2 Å². The van der Waals surface area contributed by atoms with Crippen molar-refractivity contribution in [3.05, 3.63) is 119 Å². The van der Waals surface area contributed by atoms with Crippen LogP contribution in [0.4, 0.5) is 19.2 Å². The van der Waals surface area contributed by atoms with E-state index >= 15 is 0 Å². The highest BCUT2D eigenvalue weighted by molar-refractivity contribution is 5.82. The minimum atomic E-state index is -0.740. The number of carboxylic acids is 1. The fraction of sp³-hybridized carbons (Fsp3) is 0.448. The van der Waals surface area contributed by atoms with Gasteiger partial charge in [-0.25, -0.2) is 30.0 Å². The summed E-state index contributed by atoms with van der Waals surface area (Å²) in [5.41, 5.74) is 18.7. The summed E-state index contributed by atoms with van der Waals surface area (Å²) in [6.45, 7) is 5.28. The summed E-state index contributed by atoms with van der Waals surface area (Å²) in [6.07, 6.45) is 9.39. The maximum absolute atomic E-state index is 12.5. The number of ether oxygens (including phenoxy) is 2. The van der Waals surface area contributed by atoms with Gasteiger partial charge in [-0.3, -0.25) is 9.59 Å². The number of alkyl carbamates (subject to hydrolysis) is 2. The van der Waals surface area contributed by atoms with E-state index in [1.165, 1.54) is 41.7 Å². The van der Waals surface area contributed by atoms with Crippen molar-refractivity contribution >= 4 is 48.6 Å². The fourth-order valence-electron chi connectivity index (χ4n) is 10.4. The summed E-state index contributed by atoms with van der Waals surface area (Å²) in [7, 11) is 3.16. The first-order valence-electron chi connectivity index (χ1n) is 26.8. The number of carbonyl (C=O) groups excluding carboxylic acids is 5. The zero-order valence-corrected chi connectivity index (χ0v) is 44.6. The second-order valence-corrected chi connectivity index (χ2v) is 19.6. The van der Waals surface area contributed by atoms with Crippen molar-refractivity contribution in [1.82, 2.24) is 37.4 Å². The summed E-state index contributed by atoms with van der Waals surface area (Å²) in [5.74, 6) is -0.249. The smallest absolute Gasteiger partial charge is 0.407 e. The van der Waals surface area contributed by atoms with Crippen LogP contribution in [0.1, 0.15) is 112 Å². The number of aliphatic carboxylic acids is 1. The summed E-state index contributed by atoms with van der Waals surface area (Å²) < 4.78 is 11.2. The molecule has 0 saturated heterocycles. The molecule has 0 heterocycles. The number of benzene rings is 4. The SMILES string of the molecule is CC[C@@H](/C=N/NC(=O)NCC1CCC(C(=O)NC)CC1)NC(=O)OCC1c2ccccc2-c2ccccc21.CC[C@@H](/C=N/NC(=O)NCC1CCC(C(=O)O)CC1)NC(=O)OCC1c2ccccc2-c2ccccc21.CN. The van der Waals surface area contributed by atoms with Gasteiger partial charge in [-0.15, -0.1) is 0 Å². The van der Waals surface area contributed by atoms with Gasteiger partial charge < -0.3 is 46.9 Å². The number of rotatable bonds is 18. The molecule has 10 N–H and O–H groups in total. The maximum Gasteiger partial charge on any atom is 0.407 e. The largest absolute Gasteiger partial charge is 0.481 e. The molecule has 4 aromatic carbocycles. The Balaban J connectivity index is 0.000000242. The molecular formula is C58H76N10O9. The van der Waals surface area contributed by atoms with Gasteiger partial charge in [0.2, 0.25) is 5.91 Å². The standard InChI is InChI=1S/C29H37N5O4.C28H34N4O5.CH5N/c1-3-21(17-32-34-28(36)31-16-19-12-14-20(15-13-19)27(35)30-2)33-29(37)38-18-26-24-10-6-4-8-22(24)23-9-5-7-11-25(23)26;1-2-20(16-30-32-27(35)29-15-18-11-13-19(14-12-18)26(33)34)31-28(36)37-17-25-23-9-5-3-7-21(23)22-8-4-6-10-24(22)25;1-2/h4-11,17,19-21,26H,3,12-16,18H2,1-2H3,(H,30,35)(H,33,37)(H2,31,34,36);3-10,16,18-20,25H,2,11-15,17H2,1H3,(H,31,36)(H,33,34)(H2,29,32,35);2H2,1H3/b32-17+;30-16+;/t19?,20?,21-;18?,19?,20-;/m00./s1. The first kappa shape index (κ1) is 58.5. The van der Waals surface area contributed by atoms with Crippen LogP contribution in [0.2, 0.25) is 0 Å². The average Bonchev–Trinajstić information content (AvgIpc) is 4.00. The molecule has 412 valence electrons. The summed E-state index contributed by atoms with van der Waals surface area (Å²) in [4.78, 5) is 72.0. The van der Waals surface area contributed by atoms with Crippen LogP contribution in [0.15, 0.2) is 107 Å². The van der Waals surface area contributed by atoms with E-state index in [1.807, 2.05) is 62.4 Å². The van der Waals surface area contributed by atoms with Gasteiger partial charge in [-0.05, 0) is 128 Å². The Morgan fingerprint density at radius 2 is 0.896 bits per heavy atom. The van der Waals surface area contributed by atoms with Crippen molar-refractivity contribution < 1.29 is 43.3 Å². The molecule has 7 amide bonds. The lowest BCUT2D eigenvalue weighted by Crippen LogP contribution is -2.39. The molecule has 0 spiro atoms. The molecule has 0 bridgehead atoms. The van der Waals surface area contributed by atoms with Crippen LogP contribution in [0, 0.1) is 23.7 Å². The normalized spacial score (nSPS) is 18.9. The van der Waals surface area contributed by atoms with Gasteiger partial charge in [0.25, 0.3) is 0 Å². The van der Waals surface area contributed by atoms with E-state index in [4.69, 9.17) is 14.6 Å². The molecular weight excluding hydrogens is 981 g/mol. The lowest BCUT2D eigenvalue weighted by Gasteiger charge is -2.27. The number of carbonyl (C=O) groups is 6. The van der Waals surface area contributed by atoms with Crippen molar-refractivity contribution in [2.45, 2.75) is 102 Å². The molecule has 0 aliphatic heterocycles. The molecule has 2 atom stereocenters. The van der Waals surface area contributed by atoms with E-state index in [0.29, 0.717) is 44.7 Å². The third-order valence-electron chi connectivity index (χ3n) is 14.8. The van der Waals surface area contributed by atoms with Crippen LogP contribution in [-0.2, 0) is 19.1 Å². The van der Waals surface area contributed by atoms with E-state index in [0.717, 1.165) is 60.8 Å². The number of hydrogen-bond donors (Lipinski definition) is 9. The lowest BCUT2D eigenvalue weighted by atomic mass is 9.81. The number of nitrogens with two attached hydrogens (primary N) is 1. The van der Waals surface area contributed by atoms with E-state index in [-0.39, 0.29) is 54.8 Å². The second kappa shape index (κ2) is 30.1. The Hall–Kier alpha value is -7.80. The van der Waals surface area contributed by atoms with Crippen LogP contribution < -0.4 is 43.2 Å². The van der Waals surface area contributed by atoms with E-state index in [2.05, 4.69) is 102 Å². The van der Waals surface area contributed by atoms with Gasteiger partial charge >= 0.3 is 30.2 Å². The maximum atomic E-state index is 12.5. The molecule has 0 aromatic heterocycles. The zero-order valence-electron chi connectivity index (χ0n) is 44.6. The fourth-order valence-corrected chi connectivity index (χ4v) is 10.4. The summed E-state index contributed by atoms with van der Waals surface area (Å²) in [5, 5.41) is 30.9. The first-order chi connectivity index (χ1) is 37.5. The summed E-state index contributed by atoms with van der Waals surface area (Å²) >= 11 is 0. The highest BCUT2D eigenvalue weighted by Crippen LogP contribution is 2.46. The van der Waals surface area contributed by atoms with Gasteiger partial charge in [-0.1, -0.05) is 111 Å². The molecule has 4 aliphatic carbocycles. The minimum absolute atomic E-state index is 0.00824. The molecule has 0 unspecified atom stereocenters. The zero-order chi connectivity index (χ0) is 55.1. The van der Waals surface area contributed by atoms with Crippen LogP contribution in [-0.4, -0.2) is 106 Å². The van der Waals surface area contributed by atoms with E-state index < -0.39 is 36.3 Å². The lowest BCUT2D eigenvalue weighted by molar-refractivity contribution is -0.143. The minimum Gasteiger partial charge on any atom is -0.481 e. The highest BCUT2D eigenvalue weighted by atomic mass is 16.6. The second-order valence-electron chi connectivity index (χ2n) is 19.6. The van der Waals surface area contributed by atoms with Crippen molar-refractivity contribution in [2.24, 2.45) is 39.6 Å². The average molecular weight is 1060 g/mol. The number of nitrogens with zero attached hydrogens (tertiary/aromatic N) is 2. The Bertz CT molecular complexity index is 2570. The Morgan fingerprint density at radius 3 is 1.22 bits per heavy atom. The number of urea groups is 2. The highest BCUT2D eigenvalue weighted by Gasteiger charge is 2.32. The number of hydrazone groups is 2. The van der Waals surface area contributed by atoms with E-state index in [1.54, 1.807) is 7.05 Å². The molecule has 4 aliphatic rings. The molecule has 77 heavy (non-hydrogen) atoms. The Morgan fingerprint density at radius 1 is 0.558 bits per heavy atom. The van der Waals surface area contributed by atoms with Gasteiger partial charge in [0.1, 0.15) is 13.2 Å². The number of hydrogen-bond acceptors (Lipinski definition) is 11. The molecule has 0 radical (unpaired) electrons. The quantitative estimate of drug-likeness (QED) is 0.0340. The van der Waals surface area contributed by atoms with Crippen LogP contribution in [0.5, 0.6) is 0 Å². The van der Waals surface area contributed by atoms with Crippen molar-refractivity contribution in [1.29, 1.82) is 0 Å². The van der Waals surface area contributed by atoms with Gasteiger partial charge in [0, 0.05) is 50.3 Å². The van der Waals surface area contributed by atoms with Gasteiger partial charge in [0.05, 0.1) is 18.0 Å². The molecule has 2 saturated carbocycles. The Kier molecular flexibility index (Phi) is 22.8. The van der Waals surface area contributed by atoms with Crippen LogP contribution in [0.3, 0.4) is 0 Å². The number of carboxylic acid groups (broad SMARTS) is 1. The van der Waals surface area contributed by atoms with Crippen molar-refractivity contribution in [3.8, 4) is 22.3 Å². The molecule has 8 rings (SSSR count). The predicted octanol–water partition coefficient (Wildman–Crippen LogP) is 8.20. The number of amides is 7. The van der Waals surface area contributed by atoms with E-state index in [9.17, 15) is 28.8 Å². The third kappa shape index (κ3) is 16.6. The monoisotopic (exact) mass is 1060 g/mol. The molecule has 19 nitrogen and oxygen atoms in total. The topological polar surface area (TPSA) is 276 Å². The van der Waals surface area contributed by atoms with Crippen LogP contribution >= 0.6 is 0 Å².